The minimum absolute atomic E-state index is 1.07. The van der Waals surface area contributed by atoms with Gasteiger partial charge >= 0.3 is 0 Å². The van der Waals surface area contributed by atoms with E-state index in [1.807, 2.05) is 26.1 Å². The fourth-order valence-corrected chi connectivity index (χ4v) is 1.28. The summed E-state index contributed by atoms with van der Waals surface area (Å²) in [6.07, 6.45) is 4.84. The highest BCUT2D eigenvalue weighted by atomic mass is 14.7. The predicted molar refractivity (Wildman–Crippen MR) is 62.8 cm³/mol. The van der Waals surface area contributed by atoms with Crippen LogP contribution >= 0.6 is 0 Å². The molecule has 0 aliphatic rings. The molecule has 1 nitrogen and oxygen atoms in total. The Labute approximate surface area is 86.2 Å². The van der Waals surface area contributed by atoms with Crippen LogP contribution in [0.2, 0.25) is 0 Å². The fraction of sp³-hybridized carbons (Fsp3) is 0.308. The lowest BCUT2D eigenvalue weighted by Gasteiger charge is -2.01. The van der Waals surface area contributed by atoms with Gasteiger partial charge in [-0.25, -0.2) is 0 Å². The van der Waals surface area contributed by atoms with Gasteiger partial charge in [-0.3, -0.25) is 4.99 Å². The number of hydrogen-bond acceptors (Lipinski definition) is 1. The molecular weight excluding hydrogens is 170 g/mol. The van der Waals surface area contributed by atoms with Crippen LogP contribution in [0.1, 0.15) is 31.9 Å². The van der Waals surface area contributed by atoms with Crippen LogP contribution in [0.25, 0.3) is 0 Å². The Hall–Kier alpha value is -1.37. The zero-order valence-corrected chi connectivity index (χ0v) is 9.12. The maximum absolute atomic E-state index is 4.32. The number of rotatable bonds is 3. The number of benzene rings is 1. The summed E-state index contributed by atoms with van der Waals surface area (Å²) in [6, 6.07) is 8.53. The van der Waals surface area contributed by atoms with Crippen molar-refractivity contribution in [2.75, 3.05) is 0 Å². The van der Waals surface area contributed by atoms with Crippen LogP contribution < -0.4 is 0 Å². The molecule has 0 aromatic heterocycles. The molecule has 0 spiro atoms. The minimum atomic E-state index is 1.07. The van der Waals surface area contributed by atoms with Crippen LogP contribution in [0.4, 0.5) is 0 Å². The van der Waals surface area contributed by atoms with Gasteiger partial charge in [0.25, 0.3) is 0 Å². The van der Waals surface area contributed by atoms with Crippen LogP contribution in [-0.2, 0) is 6.42 Å². The molecule has 1 heteroatoms. The van der Waals surface area contributed by atoms with Gasteiger partial charge in [-0.05, 0) is 37.5 Å². The van der Waals surface area contributed by atoms with E-state index in [4.69, 9.17) is 0 Å². The molecule has 1 aromatic rings. The van der Waals surface area contributed by atoms with E-state index >= 15 is 0 Å². The summed E-state index contributed by atoms with van der Waals surface area (Å²) in [7, 11) is 0. The van der Waals surface area contributed by atoms with Crippen molar-refractivity contribution >= 4 is 5.71 Å². The molecule has 0 unspecified atom stereocenters. The van der Waals surface area contributed by atoms with Crippen molar-refractivity contribution in [2.45, 2.75) is 27.2 Å². The molecule has 0 amide bonds. The smallest absolute Gasteiger partial charge is 0.0444 e. The Kier molecular flexibility index (Phi) is 4.11. The lowest BCUT2D eigenvalue weighted by molar-refractivity contribution is 1.14. The van der Waals surface area contributed by atoms with Gasteiger partial charge in [-0.2, -0.15) is 0 Å². The average Bonchev–Trinajstić information content (AvgIpc) is 2.26. The number of aliphatic imine (C=N–C) groups is 1. The molecule has 0 heterocycles. The largest absolute Gasteiger partial charge is 0.261 e. The lowest BCUT2D eigenvalue weighted by Crippen LogP contribution is -1.94. The average molecular weight is 187 g/mol. The third-order valence-corrected chi connectivity index (χ3v) is 2.17. The van der Waals surface area contributed by atoms with E-state index in [0.29, 0.717) is 0 Å². The number of aryl methyl sites for hydroxylation is 1. The van der Waals surface area contributed by atoms with Gasteiger partial charge in [0.2, 0.25) is 0 Å². The summed E-state index contributed by atoms with van der Waals surface area (Å²) in [5, 5.41) is 0. The highest BCUT2D eigenvalue weighted by Gasteiger charge is 1.96. The van der Waals surface area contributed by atoms with Crippen LogP contribution in [0.15, 0.2) is 41.5 Å². The second kappa shape index (κ2) is 5.38. The fourth-order valence-electron chi connectivity index (χ4n) is 1.28. The van der Waals surface area contributed by atoms with E-state index in [2.05, 4.69) is 36.2 Å². The molecule has 0 aliphatic carbocycles. The lowest BCUT2D eigenvalue weighted by atomic mass is 10.1. The molecule has 74 valence electrons. The zero-order chi connectivity index (χ0) is 10.4. The Morgan fingerprint density at radius 2 is 2.21 bits per heavy atom. The van der Waals surface area contributed by atoms with Crippen LogP contribution in [0, 0.1) is 0 Å². The molecular formula is C13H17N. The van der Waals surface area contributed by atoms with Gasteiger partial charge < -0.3 is 0 Å². The summed E-state index contributed by atoms with van der Waals surface area (Å²) in [6.45, 7) is 6.17. The molecule has 0 fully saturated rings. The van der Waals surface area contributed by atoms with Crippen molar-refractivity contribution in [1.82, 2.24) is 0 Å². The van der Waals surface area contributed by atoms with Gasteiger partial charge in [0.05, 0.1) is 0 Å². The molecule has 0 atom stereocenters. The summed E-state index contributed by atoms with van der Waals surface area (Å²) in [5.74, 6) is 0. The summed E-state index contributed by atoms with van der Waals surface area (Å²) >= 11 is 0. The highest BCUT2D eigenvalue weighted by molar-refractivity contribution is 5.99. The van der Waals surface area contributed by atoms with E-state index in [0.717, 1.165) is 12.1 Å². The topological polar surface area (TPSA) is 12.4 Å². The van der Waals surface area contributed by atoms with Gasteiger partial charge in [-0.15, -0.1) is 0 Å². The third-order valence-electron chi connectivity index (χ3n) is 2.17. The van der Waals surface area contributed by atoms with E-state index in [1.165, 1.54) is 11.1 Å². The van der Waals surface area contributed by atoms with E-state index in [9.17, 15) is 0 Å². The molecule has 1 aromatic carbocycles. The van der Waals surface area contributed by atoms with Crippen molar-refractivity contribution in [3.05, 3.63) is 47.7 Å². The molecule has 0 N–H and O–H groups in total. The standard InChI is InChI=1S/C13H17N/c1-4-9-14-11(3)13-8-6-7-12(5-2)10-13/h4,6-10H,5H2,1-3H3/b9-4-,14-11+. The first-order valence-electron chi connectivity index (χ1n) is 5.02. The zero-order valence-electron chi connectivity index (χ0n) is 9.12. The van der Waals surface area contributed by atoms with Crippen LogP contribution in [0.3, 0.4) is 0 Å². The molecule has 0 saturated carbocycles. The molecule has 0 radical (unpaired) electrons. The first-order chi connectivity index (χ1) is 6.77. The summed E-state index contributed by atoms with van der Waals surface area (Å²) < 4.78 is 0. The molecule has 0 aliphatic heterocycles. The summed E-state index contributed by atoms with van der Waals surface area (Å²) in [5.41, 5.74) is 3.64. The second-order valence-corrected chi connectivity index (χ2v) is 3.25. The first kappa shape index (κ1) is 10.7. The maximum Gasteiger partial charge on any atom is 0.0444 e. The number of allylic oxidation sites excluding steroid dienone is 1. The van der Waals surface area contributed by atoms with Gasteiger partial charge in [0.15, 0.2) is 0 Å². The SMILES string of the molecule is C/C=C\N=C(/C)c1cccc(CC)c1. The molecule has 0 bridgehead atoms. The quantitative estimate of drug-likeness (QED) is 0.641. The van der Waals surface area contributed by atoms with Crippen molar-refractivity contribution < 1.29 is 0 Å². The number of nitrogens with zero attached hydrogens (tertiary/aromatic N) is 1. The Bertz CT molecular complexity index is 348. The van der Waals surface area contributed by atoms with Crippen molar-refractivity contribution in [1.29, 1.82) is 0 Å². The predicted octanol–water partition coefficient (Wildman–Crippen LogP) is 3.59. The van der Waals surface area contributed by atoms with Crippen molar-refractivity contribution in [2.24, 2.45) is 4.99 Å². The Morgan fingerprint density at radius 3 is 2.86 bits per heavy atom. The van der Waals surface area contributed by atoms with Crippen LogP contribution in [-0.4, -0.2) is 5.71 Å². The highest BCUT2D eigenvalue weighted by Crippen LogP contribution is 2.07. The van der Waals surface area contributed by atoms with Crippen molar-refractivity contribution in [3.8, 4) is 0 Å². The second-order valence-electron chi connectivity index (χ2n) is 3.25. The monoisotopic (exact) mass is 187 g/mol. The molecule has 14 heavy (non-hydrogen) atoms. The Balaban J connectivity index is 2.95. The van der Waals surface area contributed by atoms with E-state index < -0.39 is 0 Å². The Morgan fingerprint density at radius 1 is 1.43 bits per heavy atom. The molecule has 0 saturated heterocycles. The molecule has 1 rings (SSSR count). The normalized spacial score (nSPS) is 12.4. The van der Waals surface area contributed by atoms with Crippen molar-refractivity contribution in [3.63, 3.8) is 0 Å². The summed E-state index contributed by atoms with van der Waals surface area (Å²) in [4.78, 5) is 4.32. The minimum Gasteiger partial charge on any atom is -0.261 e. The maximum atomic E-state index is 4.32. The number of hydrogen-bond donors (Lipinski definition) is 0. The van der Waals surface area contributed by atoms with Gasteiger partial charge in [0, 0.05) is 11.9 Å². The van der Waals surface area contributed by atoms with Gasteiger partial charge in [0.1, 0.15) is 0 Å². The third kappa shape index (κ3) is 2.84. The first-order valence-corrected chi connectivity index (χ1v) is 5.02. The van der Waals surface area contributed by atoms with E-state index in [-0.39, 0.29) is 0 Å². The van der Waals surface area contributed by atoms with Gasteiger partial charge in [-0.1, -0.05) is 31.2 Å². The van der Waals surface area contributed by atoms with E-state index in [1.54, 1.807) is 0 Å². The van der Waals surface area contributed by atoms with Crippen LogP contribution in [0.5, 0.6) is 0 Å².